The highest BCUT2D eigenvalue weighted by molar-refractivity contribution is 7.22. The van der Waals surface area contributed by atoms with Crippen LogP contribution in [0.3, 0.4) is 0 Å². The Morgan fingerprint density at radius 1 is 1.18 bits per heavy atom. The van der Waals surface area contributed by atoms with Crippen LogP contribution in [0.2, 0.25) is 0 Å². The van der Waals surface area contributed by atoms with Crippen LogP contribution in [0.4, 0.5) is 5.13 Å². The van der Waals surface area contributed by atoms with Crippen LogP contribution in [0.5, 0.6) is 0 Å². The monoisotopic (exact) mass is 328 g/mol. The van der Waals surface area contributed by atoms with Gasteiger partial charge in [0.15, 0.2) is 5.13 Å². The average Bonchev–Trinajstić information content (AvgIpc) is 3.26. The van der Waals surface area contributed by atoms with Crippen molar-refractivity contribution in [2.45, 2.75) is 0 Å². The van der Waals surface area contributed by atoms with Crippen LogP contribution in [0.15, 0.2) is 46.4 Å². The van der Waals surface area contributed by atoms with E-state index in [9.17, 15) is 4.79 Å². The van der Waals surface area contributed by atoms with Crippen LogP contribution in [-0.2, 0) is 0 Å². The summed E-state index contributed by atoms with van der Waals surface area (Å²) in [5.74, 6) is -0.223. The van der Waals surface area contributed by atoms with Crippen LogP contribution in [-0.4, -0.2) is 21.0 Å². The predicted octanol–water partition coefficient (Wildman–Crippen LogP) is 3.66. The van der Waals surface area contributed by atoms with Gasteiger partial charge < -0.3 is 4.52 Å². The van der Waals surface area contributed by atoms with Gasteiger partial charge in [-0.2, -0.15) is 0 Å². The molecule has 3 heterocycles. The molecule has 1 aromatic carbocycles. The van der Waals surface area contributed by atoms with Crippen LogP contribution >= 0.6 is 22.7 Å². The Morgan fingerprint density at radius 2 is 2.09 bits per heavy atom. The molecule has 0 aliphatic rings. The lowest BCUT2D eigenvalue weighted by atomic mass is 10.3. The van der Waals surface area contributed by atoms with Gasteiger partial charge in [-0.25, -0.2) is 9.97 Å². The van der Waals surface area contributed by atoms with Gasteiger partial charge in [0.1, 0.15) is 10.7 Å². The van der Waals surface area contributed by atoms with Gasteiger partial charge in [-0.3, -0.25) is 10.1 Å². The number of carbonyl (C=O) groups is 1. The van der Waals surface area contributed by atoms with Gasteiger partial charge in [0, 0.05) is 11.4 Å². The Hall–Kier alpha value is -2.58. The molecule has 0 radical (unpaired) electrons. The molecule has 0 saturated carbocycles. The summed E-state index contributed by atoms with van der Waals surface area (Å²) in [6.45, 7) is 0. The number of para-hydroxylation sites is 1. The van der Waals surface area contributed by atoms with E-state index in [0.717, 1.165) is 20.9 Å². The van der Waals surface area contributed by atoms with E-state index in [-0.39, 0.29) is 11.7 Å². The molecule has 108 valence electrons. The SMILES string of the molecule is O=C(Nc1nc(-c2nc3ccccc3s2)cs1)c1ccno1. The second-order valence-electron chi connectivity index (χ2n) is 4.36. The normalized spacial score (nSPS) is 10.9. The second-order valence-corrected chi connectivity index (χ2v) is 6.24. The maximum Gasteiger partial charge on any atom is 0.296 e. The highest BCUT2D eigenvalue weighted by atomic mass is 32.1. The number of amides is 1. The average molecular weight is 328 g/mol. The highest BCUT2D eigenvalue weighted by Gasteiger charge is 2.14. The predicted molar refractivity (Wildman–Crippen MR) is 85.2 cm³/mol. The van der Waals surface area contributed by atoms with Crippen molar-refractivity contribution in [1.29, 1.82) is 0 Å². The lowest BCUT2D eigenvalue weighted by Crippen LogP contribution is -2.10. The van der Waals surface area contributed by atoms with Crippen molar-refractivity contribution in [2.75, 3.05) is 5.32 Å². The first-order valence-corrected chi connectivity index (χ1v) is 8.03. The maximum absolute atomic E-state index is 11.9. The number of carbonyl (C=O) groups excluding carboxylic acids is 1. The van der Waals surface area contributed by atoms with Gasteiger partial charge in [-0.15, -0.1) is 22.7 Å². The van der Waals surface area contributed by atoms with E-state index in [1.54, 1.807) is 11.3 Å². The summed E-state index contributed by atoms with van der Waals surface area (Å²) in [7, 11) is 0. The zero-order chi connectivity index (χ0) is 14.9. The highest BCUT2D eigenvalue weighted by Crippen LogP contribution is 2.31. The van der Waals surface area contributed by atoms with Crippen LogP contribution in [0, 0.1) is 0 Å². The molecule has 0 spiro atoms. The molecule has 3 aromatic heterocycles. The Bertz CT molecular complexity index is 910. The van der Waals surface area contributed by atoms with Gasteiger partial charge in [0.05, 0.1) is 16.4 Å². The van der Waals surface area contributed by atoms with Gasteiger partial charge in [0.2, 0.25) is 5.76 Å². The van der Waals surface area contributed by atoms with Crippen molar-refractivity contribution in [3.63, 3.8) is 0 Å². The number of hydrogen-bond acceptors (Lipinski definition) is 7. The number of rotatable bonds is 3. The molecule has 0 unspecified atom stereocenters. The summed E-state index contributed by atoms with van der Waals surface area (Å²) in [4.78, 5) is 20.8. The Morgan fingerprint density at radius 3 is 2.91 bits per heavy atom. The molecule has 1 amide bonds. The zero-order valence-electron chi connectivity index (χ0n) is 11.0. The number of anilines is 1. The zero-order valence-corrected chi connectivity index (χ0v) is 12.6. The Balaban J connectivity index is 1.59. The van der Waals surface area contributed by atoms with Crippen molar-refractivity contribution in [3.05, 3.63) is 47.7 Å². The van der Waals surface area contributed by atoms with Gasteiger partial charge in [0.25, 0.3) is 5.91 Å². The number of benzene rings is 1. The Labute approximate surface area is 132 Å². The first kappa shape index (κ1) is 13.1. The second kappa shape index (κ2) is 5.32. The molecular formula is C14H8N4O2S2. The van der Waals surface area contributed by atoms with Crippen molar-refractivity contribution in [3.8, 4) is 10.7 Å². The summed E-state index contributed by atoms with van der Waals surface area (Å²) in [6, 6.07) is 9.42. The summed E-state index contributed by atoms with van der Waals surface area (Å²) in [5, 5.41) is 9.38. The van der Waals surface area contributed by atoms with E-state index in [1.165, 1.54) is 23.6 Å². The quantitative estimate of drug-likeness (QED) is 0.621. The van der Waals surface area contributed by atoms with E-state index >= 15 is 0 Å². The maximum atomic E-state index is 11.9. The van der Waals surface area contributed by atoms with Crippen molar-refractivity contribution in [2.24, 2.45) is 0 Å². The van der Waals surface area contributed by atoms with Crippen LogP contribution in [0.25, 0.3) is 20.9 Å². The van der Waals surface area contributed by atoms with E-state index in [4.69, 9.17) is 4.52 Å². The van der Waals surface area contributed by atoms with Crippen molar-refractivity contribution < 1.29 is 9.32 Å². The topological polar surface area (TPSA) is 80.9 Å². The minimum atomic E-state index is -0.373. The van der Waals surface area contributed by atoms with Crippen molar-refractivity contribution in [1.82, 2.24) is 15.1 Å². The van der Waals surface area contributed by atoms with E-state index in [0.29, 0.717) is 5.13 Å². The smallest absolute Gasteiger partial charge is 0.296 e. The molecule has 6 nitrogen and oxygen atoms in total. The molecule has 22 heavy (non-hydrogen) atoms. The fourth-order valence-electron chi connectivity index (χ4n) is 1.90. The fraction of sp³-hybridized carbons (Fsp3) is 0. The van der Waals surface area contributed by atoms with Crippen LogP contribution in [0.1, 0.15) is 10.6 Å². The molecule has 0 aliphatic heterocycles. The minimum Gasteiger partial charge on any atom is -0.351 e. The summed E-state index contributed by atoms with van der Waals surface area (Å²) in [5.41, 5.74) is 1.70. The summed E-state index contributed by atoms with van der Waals surface area (Å²) >= 11 is 2.91. The number of aromatic nitrogens is 3. The molecule has 0 bridgehead atoms. The van der Waals surface area contributed by atoms with Gasteiger partial charge in [-0.05, 0) is 12.1 Å². The molecule has 0 saturated heterocycles. The third-order valence-corrected chi connectivity index (χ3v) is 4.72. The number of fused-ring (bicyclic) bond motifs is 1. The lowest BCUT2D eigenvalue weighted by molar-refractivity contribution is 0.0988. The largest absolute Gasteiger partial charge is 0.351 e. The molecule has 4 aromatic rings. The molecule has 4 rings (SSSR count). The first-order chi connectivity index (χ1) is 10.8. The van der Waals surface area contributed by atoms with Gasteiger partial charge in [-0.1, -0.05) is 17.3 Å². The van der Waals surface area contributed by atoms with E-state index < -0.39 is 0 Å². The molecule has 1 N–H and O–H groups in total. The standard InChI is InChI=1S/C14H8N4O2S2/c19-12(10-5-6-15-20-10)18-14-17-9(7-21-14)13-16-8-3-1-2-4-11(8)22-13/h1-7H,(H,17,18,19). The molecule has 0 fully saturated rings. The number of thiazole rings is 2. The third kappa shape index (κ3) is 2.38. The first-order valence-electron chi connectivity index (χ1n) is 6.33. The molecule has 0 aliphatic carbocycles. The summed E-state index contributed by atoms with van der Waals surface area (Å²) < 4.78 is 5.91. The summed E-state index contributed by atoms with van der Waals surface area (Å²) in [6.07, 6.45) is 1.42. The molecule has 8 heteroatoms. The molecule has 0 atom stereocenters. The van der Waals surface area contributed by atoms with Gasteiger partial charge >= 0.3 is 0 Å². The van der Waals surface area contributed by atoms with Crippen molar-refractivity contribution >= 4 is 43.9 Å². The number of nitrogens with one attached hydrogen (secondary N) is 1. The number of hydrogen-bond donors (Lipinski definition) is 1. The molecular weight excluding hydrogens is 320 g/mol. The van der Waals surface area contributed by atoms with Crippen LogP contribution < -0.4 is 5.32 Å². The fourth-order valence-corrected chi connectivity index (χ4v) is 3.59. The Kier molecular flexibility index (Phi) is 3.17. The minimum absolute atomic E-state index is 0.150. The third-order valence-electron chi connectivity index (χ3n) is 2.90. The number of nitrogens with zero attached hydrogens (tertiary/aromatic N) is 3. The van der Waals surface area contributed by atoms with E-state index in [1.807, 2.05) is 29.6 Å². The van der Waals surface area contributed by atoms with E-state index in [2.05, 4.69) is 20.4 Å². The lowest BCUT2D eigenvalue weighted by Gasteiger charge is -1.95.